The van der Waals surface area contributed by atoms with Crippen molar-refractivity contribution in [2.24, 2.45) is 0 Å². The Morgan fingerprint density at radius 3 is 2.61 bits per heavy atom. The van der Waals surface area contributed by atoms with E-state index < -0.39 is 5.82 Å². The summed E-state index contributed by atoms with van der Waals surface area (Å²) >= 11 is 0. The zero-order valence-electron chi connectivity index (χ0n) is 15.9. The molecule has 148 valence electrons. The van der Waals surface area contributed by atoms with E-state index in [0.29, 0.717) is 39.0 Å². The summed E-state index contributed by atoms with van der Waals surface area (Å²) in [5, 5.41) is 7.45. The molecule has 0 saturated carbocycles. The molecule has 6 heterocycles. The van der Waals surface area contributed by atoms with Crippen LogP contribution in [0, 0.1) is 5.82 Å². The standard InChI is InChI=1S/C22H13FN8/c23-18-17-15(11-27-19(18)12-4-3-6-24-8-12)30-31-21(17)22-28-16-10-25-9-13(20(16)29-22)14-5-1-2-7-26-14/h1-11H,(H,28,29)(H,30,31). The Morgan fingerprint density at radius 2 is 1.77 bits per heavy atom. The number of nitrogens with zero attached hydrogens (tertiary/aromatic N) is 6. The monoisotopic (exact) mass is 408 g/mol. The number of hydrogen-bond donors (Lipinski definition) is 2. The van der Waals surface area contributed by atoms with Gasteiger partial charge in [-0.2, -0.15) is 5.10 Å². The lowest BCUT2D eigenvalue weighted by atomic mass is 10.1. The molecule has 0 aliphatic rings. The Balaban J connectivity index is 1.56. The van der Waals surface area contributed by atoms with E-state index in [1.807, 2.05) is 18.2 Å². The zero-order chi connectivity index (χ0) is 20.8. The van der Waals surface area contributed by atoms with Crippen molar-refractivity contribution in [2.45, 2.75) is 0 Å². The molecule has 9 heteroatoms. The van der Waals surface area contributed by atoms with Crippen LogP contribution < -0.4 is 0 Å². The minimum atomic E-state index is -0.488. The highest BCUT2D eigenvalue weighted by Gasteiger charge is 2.21. The van der Waals surface area contributed by atoms with Gasteiger partial charge in [-0.1, -0.05) is 6.07 Å². The molecule has 8 nitrogen and oxygen atoms in total. The summed E-state index contributed by atoms with van der Waals surface area (Å²) in [7, 11) is 0. The van der Waals surface area contributed by atoms with Crippen molar-refractivity contribution < 1.29 is 4.39 Å². The normalized spacial score (nSPS) is 11.4. The van der Waals surface area contributed by atoms with Crippen LogP contribution in [-0.4, -0.2) is 40.1 Å². The van der Waals surface area contributed by atoms with Crippen molar-refractivity contribution in [3.63, 3.8) is 0 Å². The Morgan fingerprint density at radius 1 is 0.806 bits per heavy atom. The summed E-state index contributed by atoms with van der Waals surface area (Å²) in [5.74, 6) is -0.0635. The van der Waals surface area contributed by atoms with Crippen molar-refractivity contribution in [1.82, 2.24) is 40.1 Å². The minimum Gasteiger partial charge on any atom is -0.335 e. The van der Waals surface area contributed by atoms with Crippen LogP contribution in [0.2, 0.25) is 0 Å². The van der Waals surface area contributed by atoms with Gasteiger partial charge in [0.2, 0.25) is 0 Å². The molecular weight excluding hydrogens is 395 g/mol. The van der Waals surface area contributed by atoms with Crippen molar-refractivity contribution in [2.75, 3.05) is 0 Å². The van der Waals surface area contributed by atoms with Gasteiger partial charge < -0.3 is 4.98 Å². The Bertz CT molecular complexity index is 1540. The molecule has 0 bridgehead atoms. The molecule has 0 radical (unpaired) electrons. The first-order chi connectivity index (χ1) is 15.3. The van der Waals surface area contributed by atoms with E-state index in [4.69, 9.17) is 4.98 Å². The quantitative estimate of drug-likeness (QED) is 0.455. The van der Waals surface area contributed by atoms with E-state index in [0.717, 1.165) is 11.3 Å². The van der Waals surface area contributed by atoms with Crippen LogP contribution in [0.4, 0.5) is 4.39 Å². The smallest absolute Gasteiger partial charge is 0.161 e. The topological polar surface area (TPSA) is 109 Å². The number of rotatable bonds is 3. The van der Waals surface area contributed by atoms with Gasteiger partial charge in [0.05, 0.1) is 34.5 Å². The summed E-state index contributed by atoms with van der Waals surface area (Å²) in [6.07, 6.45) is 9.86. The summed E-state index contributed by atoms with van der Waals surface area (Å²) in [5.41, 5.74) is 4.54. The summed E-state index contributed by atoms with van der Waals surface area (Å²) < 4.78 is 15.5. The Labute approximate surface area is 174 Å². The number of aromatic amines is 2. The van der Waals surface area contributed by atoms with Gasteiger partial charge in [-0.05, 0) is 24.3 Å². The molecule has 0 aliphatic heterocycles. The van der Waals surface area contributed by atoms with Crippen LogP contribution in [0.3, 0.4) is 0 Å². The van der Waals surface area contributed by atoms with E-state index in [-0.39, 0.29) is 5.69 Å². The molecule has 0 fully saturated rings. The minimum absolute atomic E-state index is 0.204. The van der Waals surface area contributed by atoms with E-state index in [1.165, 1.54) is 0 Å². The maximum atomic E-state index is 15.5. The number of hydrogen-bond acceptors (Lipinski definition) is 6. The average Bonchev–Trinajstić information content (AvgIpc) is 3.45. The van der Waals surface area contributed by atoms with Gasteiger partial charge in [0, 0.05) is 35.9 Å². The fraction of sp³-hybridized carbons (Fsp3) is 0. The second kappa shape index (κ2) is 6.77. The fourth-order valence-electron chi connectivity index (χ4n) is 3.61. The number of pyridine rings is 4. The van der Waals surface area contributed by atoms with Gasteiger partial charge in [0.1, 0.15) is 16.9 Å². The highest BCUT2D eigenvalue weighted by molar-refractivity contribution is 5.97. The van der Waals surface area contributed by atoms with Gasteiger partial charge in [-0.15, -0.1) is 0 Å². The SMILES string of the molecule is Fc1c(-c2cccnc2)ncc2[nH]nc(-c3nc4c(-c5ccccn5)cncc4[nH]3)c12. The molecule has 0 amide bonds. The zero-order valence-corrected chi connectivity index (χ0v) is 15.9. The Kier molecular flexibility index (Phi) is 3.79. The van der Waals surface area contributed by atoms with Gasteiger partial charge in [0.15, 0.2) is 11.6 Å². The first-order valence-electron chi connectivity index (χ1n) is 9.48. The van der Waals surface area contributed by atoms with Crippen LogP contribution >= 0.6 is 0 Å². The van der Waals surface area contributed by atoms with E-state index in [9.17, 15) is 0 Å². The molecule has 0 aromatic carbocycles. The van der Waals surface area contributed by atoms with Crippen LogP contribution in [0.25, 0.3) is 56.0 Å². The molecule has 0 spiro atoms. The third kappa shape index (κ3) is 2.75. The predicted molar refractivity (Wildman–Crippen MR) is 113 cm³/mol. The highest BCUT2D eigenvalue weighted by atomic mass is 19.1. The number of aromatic nitrogens is 8. The lowest BCUT2D eigenvalue weighted by Crippen LogP contribution is -1.92. The number of nitrogens with one attached hydrogen (secondary N) is 2. The third-order valence-electron chi connectivity index (χ3n) is 5.04. The summed E-state index contributed by atoms with van der Waals surface area (Å²) in [6, 6.07) is 9.14. The molecule has 2 N–H and O–H groups in total. The van der Waals surface area contributed by atoms with Gasteiger partial charge in [-0.25, -0.2) is 9.37 Å². The highest BCUT2D eigenvalue weighted by Crippen LogP contribution is 2.33. The lowest BCUT2D eigenvalue weighted by Gasteiger charge is -2.03. The number of fused-ring (bicyclic) bond motifs is 2. The molecule has 6 rings (SSSR count). The first-order valence-corrected chi connectivity index (χ1v) is 9.48. The molecule has 0 aliphatic carbocycles. The molecule has 0 unspecified atom stereocenters. The lowest BCUT2D eigenvalue weighted by molar-refractivity contribution is 0.638. The number of H-pyrrole nitrogens is 2. The second-order valence-electron chi connectivity index (χ2n) is 6.91. The van der Waals surface area contributed by atoms with Crippen molar-refractivity contribution in [3.05, 3.63) is 73.3 Å². The number of halogens is 1. The molecular formula is C22H13FN8. The van der Waals surface area contributed by atoms with Gasteiger partial charge in [0.25, 0.3) is 0 Å². The summed E-state index contributed by atoms with van der Waals surface area (Å²) in [6.45, 7) is 0. The second-order valence-corrected chi connectivity index (χ2v) is 6.91. The van der Waals surface area contributed by atoms with Crippen LogP contribution in [0.5, 0.6) is 0 Å². The molecule has 6 aromatic heterocycles. The van der Waals surface area contributed by atoms with Crippen LogP contribution in [0.15, 0.2) is 67.5 Å². The van der Waals surface area contributed by atoms with Crippen molar-refractivity contribution in [3.8, 4) is 34.0 Å². The van der Waals surface area contributed by atoms with E-state index >= 15 is 4.39 Å². The van der Waals surface area contributed by atoms with Crippen LogP contribution in [-0.2, 0) is 0 Å². The average molecular weight is 408 g/mol. The van der Waals surface area contributed by atoms with E-state index in [1.54, 1.807) is 49.3 Å². The van der Waals surface area contributed by atoms with E-state index in [2.05, 4.69) is 35.1 Å². The first kappa shape index (κ1) is 17.3. The third-order valence-corrected chi connectivity index (χ3v) is 5.04. The molecule has 0 saturated heterocycles. The van der Waals surface area contributed by atoms with Gasteiger partial charge >= 0.3 is 0 Å². The van der Waals surface area contributed by atoms with Crippen LogP contribution in [0.1, 0.15) is 0 Å². The van der Waals surface area contributed by atoms with Crippen molar-refractivity contribution in [1.29, 1.82) is 0 Å². The largest absolute Gasteiger partial charge is 0.335 e. The van der Waals surface area contributed by atoms with Crippen molar-refractivity contribution >= 4 is 21.9 Å². The van der Waals surface area contributed by atoms with Gasteiger partial charge in [-0.3, -0.25) is 25.0 Å². The fourth-order valence-corrected chi connectivity index (χ4v) is 3.61. The summed E-state index contributed by atoms with van der Waals surface area (Å²) in [4.78, 5) is 24.9. The Hall–Kier alpha value is -4.53. The number of imidazole rings is 1. The maximum absolute atomic E-state index is 15.5. The molecule has 0 atom stereocenters. The molecule has 31 heavy (non-hydrogen) atoms. The molecule has 6 aromatic rings. The predicted octanol–water partition coefficient (Wildman–Crippen LogP) is 4.16. The maximum Gasteiger partial charge on any atom is 0.161 e.